The molecule has 1 fully saturated rings. The third kappa shape index (κ3) is 3.59. The number of aromatic amines is 1. The number of hydrogen-bond donors (Lipinski definition) is 1. The summed E-state index contributed by atoms with van der Waals surface area (Å²) in [6, 6.07) is 4.31. The number of piperidine rings is 1. The second-order valence-corrected chi connectivity index (χ2v) is 6.11. The molecule has 0 saturated carbocycles. The van der Waals surface area contributed by atoms with E-state index in [1.54, 1.807) is 4.90 Å². The lowest BCUT2D eigenvalue weighted by Gasteiger charge is -2.32. The summed E-state index contributed by atoms with van der Waals surface area (Å²) in [6.45, 7) is 0.751. The second-order valence-electron chi connectivity index (χ2n) is 6.11. The molecule has 9 heteroatoms. The number of likely N-dealkylation sites (tertiary alicyclic amines) is 1. The molecule has 134 valence electrons. The van der Waals surface area contributed by atoms with Gasteiger partial charge in [-0.25, -0.2) is 4.98 Å². The lowest BCUT2D eigenvalue weighted by atomic mass is 9.97. The van der Waals surface area contributed by atoms with Crippen LogP contribution in [0.4, 0.5) is 13.2 Å². The molecule has 0 aromatic carbocycles. The maximum atomic E-state index is 12.8. The van der Waals surface area contributed by atoms with Gasteiger partial charge in [0, 0.05) is 38.3 Å². The van der Waals surface area contributed by atoms with Crippen LogP contribution in [-0.4, -0.2) is 38.4 Å². The molecule has 1 N–H and O–H groups in total. The summed E-state index contributed by atoms with van der Waals surface area (Å²) < 4.78 is 39.9. The Bertz CT molecular complexity index is 840. The first-order chi connectivity index (χ1) is 11.8. The van der Waals surface area contributed by atoms with Gasteiger partial charge in [0.25, 0.3) is 5.91 Å². The van der Waals surface area contributed by atoms with E-state index in [0.29, 0.717) is 25.2 Å². The normalized spacial score (nSPS) is 18.4. The van der Waals surface area contributed by atoms with E-state index in [9.17, 15) is 22.8 Å². The highest BCUT2D eigenvalue weighted by atomic mass is 19.4. The van der Waals surface area contributed by atoms with Crippen molar-refractivity contribution in [2.24, 2.45) is 7.05 Å². The number of carbonyl (C=O) groups excluding carboxylic acids is 1. The van der Waals surface area contributed by atoms with Crippen LogP contribution in [0.25, 0.3) is 0 Å². The number of rotatable bonds is 2. The predicted octanol–water partition coefficient (Wildman–Crippen LogP) is 2.15. The Morgan fingerprint density at radius 1 is 1.36 bits per heavy atom. The monoisotopic (exact) mass is 354 g/mol. The molecule has 1 saturated heterocycles. The van der Waals surface area contributed by atoms with Crippen molar-refractivity contribution in [2.45, 2.75) is 24.9 Å². The van der Waals surface area contributed by atoms with E-state index in [1.807, 2.05) is 0 Å². The molecule has 1 atom stereocenters. The fraction of sp³-hybridized carbons (Fsp3) is 0.438. The Hall–Kier alpha value is -2.58. The molecule has 0 bridgehead atoms. The zero-order chi connectivity index (χ0) is 18.2. The van der Waals surface area contributed by atoms with Crippen molar-refractivity contribution in [3.63, 3.8) is 0 Å². The quantitative estimate of drug-likeness (QED) is 0.898. The number of nitrogens with zero attached hydrogens (tertiary/aromatic N) is 3. The average Bonchev–Trinajstić information content (AvgIpc) is 2.96. The van der Waals surface area contributed by atoms with Gasteiger partial charge in [0.15, 0.2) is 5.69 Å². The number of halogens is 3. The number of pyridine rings is 1. The van der Waals surface area contributed by atoms with Crippen LogP contribution in [0.3, 0.4) is 0 Å². The first-order valence-corrected chi connectivity index (χ1v) is 7.85. The molecular weight excluding hydrogens is 337 g/mol. The highest BCUT2D eigenvalue weighted by Crippen LogP contribution is 2.32. The van der Waals surface area contributed by atoms with Crippen molar-refractivity contribution in [1.82, 2.24) is 19.4 Å². The summed E-state index contributed by atoms with van der Waals surface area (Å²) >= 11 is 0. The fourth-order valence-electron chi connectivity index (χ4n) is 3.11. The summed E-state index contributed by atoms with van der Waals surface area (Å²) in [5.41, 5.74) is -1.14. The number of hydrogen-bond acceptors (Lipinski definition) is 3. The third-order valence-corrected chi connectivity index (χ3v) is 4.28. The molecule has 3 rings (SSSR count). The molecule has 25 heavy (non-hydrogen) atoms. The lowest BCUT2D eigenvalue weighted by molar-refractivity contribution is -0.141. The molecule has 1 aliphatic rings. The first-order valence-electron chi connectivity index (χ1n) is 7.85. The number of alkyl halides is 3. The van der Waals surface area contributed by atoms with Crippen LogP contribution in [-0.2, 0) is 13.2 Å². The van der Waals surface area contributed by atoms with Crippen molar-refractivity contribution in [1.29, 1.82) is 0 Å². The van der Waals surface area contributed by atoms with E-state index in [-0.39, 0.29) is 29.6 Å². The number of nitrogens with one attached hydrogen (secondary N) is 1. The zero-order valence-corrected chi connectivity index (χ0v) is 13.5. The van der Waals surface area contributed by atoms with Crippen LogP contribution >= 0.6 is 0 Å². The maximum absolute atomic E-state index is 12.8. The van der Waals surface area contributed by atoms with Gasteiger partial charge in [-0.15, -0.1) is 0 Å². The Morgan fingerprint density at radius 3 is 2.76 bits per heavy atom. The summed E-state index contributed by atoms with van der Waals surface area (Å²) in [7, 11) is 1.52. The van der Waals surface area contributed by atoms with Crippen molar-refractivity contribution in [3.05, 3.63) is 52.0 Å². The fourth-order valence-corrected chi connectivity index (χ4v) is 3.11. The van der Waals surface area contributed by atoms with E-state index < -0.39 is 11.9 Å². The molecule has 0 spiro atoms. The molecule has 3 heterocycles. The number of aromatic nitrogens is 3. The van der Waals surface area contributed by atoms with Crippen molar-refractivity contribution in [2.75, 3.05) is 13.1 Å². The van der Waals surface area contributed by atoms with Crippen LogP contribution in [0.1, 0.15) is 40.8 Å². The molecule has 1 aliphatic heterocycles. The van der Waals surface area contributed by atoms with Gasteiger partial charge in [-0.1, -0.05) is 6.07 Å². The standard InChI is InChI=1S/C16H17F3N4O2/c1-22-9-12(16(17,18)19)21-14(22)10-4-3-7-23(8-10)15(25)11-5-2-6-13(24)20-11/h2,5-6,9-10H,3-4,7-8H2,1H3,(H,20,24)/t10-/m1/s1. The van der Waals surface area contributed by atoms with E-state index in [2.05, 4.69) is 9.97 Å². The van der Waals surface area contributed by atoms with Crippen LogP contribution in [0.5, 0.6) is 0 Å². The number of H-pyrrole nitrogens is 1. The largest absolute Gasteiger partial charge is 0.434 e. The van der Waals surface area contributed by atoms with Gasteiger partial charge < -0.3 is 14.5 Å². The van der Waals surface area contributed by atoms with Crippen LogP contribution in [0.2, 0.25) is 0 Å². The van der Waals surface area contributed by atoms with E-state index in [4.69, 9.17) is 0 Å². The topological polar surface area (TPSA) is 71.0 Å². The summed E-state index contributed by atoms with van der Waals surface area (Å²) in [6.07, 6.45) is -2.23. The van der Waals surface area contributed by atoms with E-state index in [1.165, 1.54) is 29.8 Å². The zero-order valence-electron chi connectivity index (χ0n) is 13.5. The number of imidazole rings is 1. The molecule has 0 unspecified atom stereocenters. The minimum atomic E-state index is -4.50. The Morgan fingerprint density at radius 2 is 2.12 bits per heavy atom. The highest BCUT2D eigenvalue weighted by molar-refractivity contribution is 5.92. The van der Waals surface area contributed by atoms with Gasteiger partial charge in [-0.05, 0) is 18.9 Å². The van der Waals surface area contributed by atoms with Crippen molar-refractivity contribution >= 4 is 5.91 Å². The van der Waals surface area contributed by atoms with Crippen LogP contribution < -0.4 is 5.56 Å². The number of amides is 1. The van der Waals surface area contributed by atoms with Crippen molar-refractivity contribution < 1.29 is 18.0 Å². The molecule has 0 aliphatic carbocycles. The minimum absolute atomic E-state index is 0.170. The lowest BCUT2D eigenvalue weighted by Crippen LogP contribution is -2.40. The first kappa shape index (κ1) is 17.2. The smallest absolute Gasteiger partial charge is 0.337 e. The van der Waals surface area contributed by atoms with Gasteiger partial charge in [0.2, 0.25) is 5.56 Å². The molecule has 2 aromatic heterocycles. The van der Waals surface area contributed by atoms with Crippen LogP contribution in [0, 0.1) is 0 Å². The Balaban J connectivity index is 1.81. The SMILES string of the molecule is Cn1cc(C(F)(F)F)nc1[C@@H]1CCCN(C(=O)c2cccc(=O)[nH]2)C1. The molecule has 2 aromatic rings. The predicted molar refractivity (Wildman–Crippen MR) is 83.2 cm³/mol. The summed E-state index contributed by atoms with van der Waals surface area (Å²) in [5, 5.41) is 0. The molecule has 0 radical (unpaired) electrons. The number of aryl methyl sites for hydroxylation is 1. The van der Waals surface area contributed by atoms with Gasteiger partial charge >= 0.3 is 6.18 Å². The Kier molecular flexibility index (Phi) is 4.40. The molecule has 1 amide bonds. The summed E-state index contributed by atoms with van der Waals surface area (Å²) in [5.74, 6) is -0.312. The van der Waals surface area contributed by atoms with Crippen LogP contribution in [0.15, 0.2) is 29.2 Å². The molecular formula is C16H17F3N4O2. The van der Waals surface area contributed by atoms with E-state index in [0.717, 1.165) is 6.20 Å². The van der Waals surface area contributed by atoms with Gasteiger partial charge in [-0.2, -0.15) is 13.2 Å². The van der Waals surface area contributed by atoms with Gasteiger partial charge in [-0.3, -0.25) is 9.59 Å². The van der Waals surface area contributed by atoms with Gasteiger partial charge in [0.1, 0.15) is 11.5 Å². The highest BCUT2D eigenvalue weighted by Gasteiger charge is 2.36. The minimum Gasteiger partial charge on any atom is -0.337 e. The average molecular weight is 354 g/mol. The third-order valence-electron chi connectivity index (χ3n) is 4.28. The maximum Gasteiger partial charge on any atom is 0.434 e. The van der Waals surface area contributed by atoms with Gasteiger partial charge in [0.05, 0.1) is 0 Å². The molecule has 6 nitrogen and oxygen atoms in total. The van der Waals surface area contributed by atoms with Crippen molar-refractivity contribution in [3.8, 4) is 0 Å². The second kappa shape index (κ2) is 6.38. The number of carbonyl (C=O) groups is 1. The summed E-state index contributed by atoms with van der Waals surface area (Å²) in [4.78, 5) is 31.6. The Labute approximate surface area is 141 Å². The van der Waals surface area contributed by atoms with E-state index >= 15 is 0 Å².